The molecule has 1 aromatic carbocycles. The van der Waals surface area contributed by atoms with Crippen LogP contribution in [0.1, 0.15) is 35.2 Å². The summed E-state index contributed by atoms with van der Waals surface area (Å²) in [6.07, 6.45) is 4.38. The Hall–Kier alpha value is -1.39. The standard InChI is InChI=1S/C15H22N2O2/c16-9-8-12-4-6-13(7-5-12)15(18)17-11-14-3-1-2-10-19-14/h4-7,14H,1-3,8-11,16H2,(H,17,18). The highest BCUT2D eigenvalue weighted by molar-refractivity contribution is 5.94. The number of benzene rings is 1. The smallest absolute Gasteiger partial charge is 0.251 e. The average molecular weight is 262 g/mol. The molecule has 4 nitrogen and oxygen atoms in total. The van der Waals surface area contributed by atoms with E-state index in [4.69, 9.17) is 10.5 Å². The minimum atomic E-state index is -0.0338. The monoisotopic (exact) mass is 262 g/mol. The van der Waals surface area contributed by atoms with Gasteiger partial charge in [0.25, 0.3) is 5.91 Å². The van der Waals surface area contributed by atoms with Gasteiger partial charge in [0.1, 0.15) is 0 Å². The lowest BCUT2D eigenvalue weighted by Crippen LogP contribution is -2.35. The first-order valence-electron chi connectivity index (χ1n) is 6.98. The number of hydrogen-bond donors (Lipinski definition) is 2. The summed E-state index contributed by atoms with van der Waals surface area (Å²) in [7, 11) is 0. The third-order valence-corrected chi connectivity index (χ3v) is 3.41. The van der Waals surface area contributed by atoms with Crippen LogP contribution in [0.15, 0.2) is 24.3 Å². The first-order chi connectivity index (χ1) is 9.29. The molecule has 1 fully saturated rings. The lowest BCUT2D eigenvalue weighted by atomic mass is 10.1. The number of nitrogens with two attached hydrogens (primary N) is 1. The predicted molar refractivity (Wildman–Crippen MR) is 75.1 cm³/mol. The second-order valence-corrected chi connectivity index (χ2v) is 4.93. The molecule has 1 saturated heterocycles. The molecule has 19 heavy (non-hydrogen) atoms. The molecule has 1 aromatic rings. The summed E-state index contributed by atoms with van der Waals surface area (Å²) >= 11 is 0. The Morgan fingerprint density at radius 2 is 2.11 bits per heavy atom. The van der Waals surface area contributed by atoms with Crippen LogP contribution in [0.4, 0.5) is 0 Å². The SMILES string of the molecule is NCCc1ccc(C(=O)NCC2CCCCO2)cc1. The number of amides is 1. The molecule has 0 bridgehead atoms. The molecule has 1 aliphatic heterocycles. The summed E-state index contributed by atoms with van der Waals surface area (Å²) in [5, 5.41) is 2.93. The molecule has 0 saturated carbocycles. The molecular weight excluding hydrogens is 240 g/mol. The third-order valence-electron chi connectivity index (χ3n) is 3.41. The van der Waals surface area contributed by atoms with Gasteiger partial charge in [0.15, 0.2) is 0 Å². The van der Waals surface area contributed by atoms with Gasteiger partial charge in [0.05, 0.1) is 6.10 Å². The Kier molecular flexibility index (Phi) is 5.36. The van der Waals surface area contributed by atoms with Crippen LogP contribution < -0.4 is 11.1 Å². The topological polar surface area (TPSA) is 64.4 Å². The molecule has 0 spiro atoms. The van der Waals surface area contributed by atoms with Gasteiger partial charge in [-0.15, -0.1) is 0 Å². The van der Waals surface area contributed by atoms with Crippen LogP contribution in [0.3, 0.4) is 0 Å². The fourth-order valence-electron chi connectivity index (χ4n) is 2.27. The van der Waals surface area contributed by atoms with Crippen molar-refractivity contribution < 1.29 is 9.53 Å². The van der Waals surface area contributed by atoms with Gasteiger partial charge >= 0.3 is 0 Å². The molecule has 4 heteroatoms. The largest absolute Gasteiger partial charge is 0.376 e. The average Bonchev–Trinajstić information content (AvgIpc) is 2.47. The molecule has 3 N–H and O–H groups in total. The molecule has 0 aliphatic carbocycles. The van der Waals surface area contributed by atoms with E-state index in [-0.39, 0.29) is 12.0 Å². The summed E-state index contributed by atoms with van der Waals surface area (Å²) in [5.41, 5.74) is 7.35. The van der Waals surface area contributed by atoms with Crippen LogP contribution >= 0.6 is 0 Å². The summed E-state index contributed by atoms with van der Waals surface area (Å²) in [4.78, 5) is 12.0. The lowest BCUT2D eigenvalue weighted by Gasteiger charge is -2.22. The molecule has 0 radical (unpaired) electrons. The zero-order valence-electron chi connectivity index (χ0n) is 11.2. The normalized spacial score (nSPS) is 19.1. The van der Waals surface area contributed by atoms with Gasteiger partial charge in [-0.05, 0) is 49.9 Å². The van der Waals surface area contributed by atoms with E-state index in [9.17, 15) is 4.79 Å². The Labute approximate surface area is 114 Å². The van der Waals surface area contributed by atoms with Crippen LogP contribution in [0.5, 0.6) is 0 Å². The van der Waals surface area contributed by atoms with E-state index >= 15 is 0 Å². The maximum Gasteiger partial charge on any atom is 0.251 e. The molecule has 1 atom stereocenters. The van der Waals surface area contributed by atoms with Gasteiger partial charge in [-0.25, -0.2) is 0 Å². The summed E-state index contributed by atoms with van der Waals surface area (Å²) in [6, 6.07) is 7.61. The Morgan fingerprint density at radius 3 is 2.74 bits per heavy atom. The van der Waals surface area contributed by atoms with Gasteiger partial charge in [-0.2, -0.15) is 0 Å². The zero-order valence-corrected chi connectivity index (χ0v) is 11.2. The van der Waals surface area contributed by atoms with Crippen LogP contribution in [0.25, 0.3) is 0 Å². The van der Waals surface area contributed by atoms with Crippen molar-refractivity contribution in [1.82, 2.24) is 5.32 Å². The number of carbonyl (C=O) groups excluding carboxylic acids is 1. The van der Waals surface area contributed by atoms with Crippen LogP contribution in [-0.2, 0) is 11.2 Å². The Morgan fingerprint density at radius 1 is 1.32 bits per heavy atom. The molecule has 1 amide bonds. The Bertz CT molecular complexity index is 397. The van der Waals surface area contributed by atoms with Crippen molar-refractivity contribution >= 4 is 5.91 Å². The number of rotatable bonds is 5. The third kappa shape index (κ3) is 4.33. The van der Waals surface area contributed by atoms with Gasteiger partial charge in [-0.3, -0.25) is 4.79 Å². The highest BCUT2D eigenvalue weighted by Crippen LogP contribution is 2.12. The van der Waals surface area contributed by atoms with Crippen molar-refractivity contribution in [2.24, 2.45) is 5.73 Å². The van der Waals surface area contributed by atoms with E-state index in [1.165, 1.54) is 6.42 Å². The summed E-state index contributed by atoms with van der Waals surface area (Å²) in [5.74, 6) is -0.0338. The van der Waals surface area contributed by atoms with Crippen LogP contribution in [-0.4, -0.2) is 31.7 Å². The fourth-order valence-corrected chi connectivity index (χ4v) is 2.27. The van der Waals surface area contributed by atoms with E-state index in [0.29, 0.717) is 18.7 Å². The van der Waals surface area contributed by atoms with Gasteiger partial charge < -0.3 is 15.8 Å². The van der Waals surface area contributed by atoms with E-state index in [1.54, 1.807) is 0 Å². The quantitative estimate of drug-likeness (QED) is 0.845. The molecular formula is C15H22N2O2. The van der Waals surface area contributed by atoms with Crippen molar-refractivity contribution in [3.8, 4) is 0 Å². The van der Waals surface area contributed by atoms with E-state index in [1.807, 2.05) is 24.3 Å². The maximum absolute atomic E-state index is 12.0. The van der Waals surface area contributed by atoms with E-state index in [0.717, 1.165) is 31.4 Å². The summed E-state index contributed by atoms with van der Waals surface area (Å²) < 4.78 is 5.59. The van der Waals surface area contributed by atoms with E-state index in [2.05, 4.69) is 5.32 Å². The van der Waals surface area contributed by atoms with Crippen LogP contribution in [0, 0.1) is 0 Å². The summed E-state index contributed by atoms with van der Waals surface area (Å²) in [6.45, 7) is 2.04. The van der Waals surface area contributed by atoms with Gasteiger partial charge in [0, 0.05) is 18.7 Å². The molecule has 1 unspecified atom stereocenters. The van der Waals surface area contributed by atoms with Crippen molar-refractivity contribution in [2.75, 3.05) is 19.7 Å². The molecule has 2 rings (SSSR count). The van der Waals surface area contributed by atoms with Gasteiger partial charge in [0.2, 0.25) is 0 Å². The number of nitrogens with one attached hydrogen (secondary N) is 1. The number of ether oxygens (including phenoxy) is 1. The minimum Gasteiger partial charge on any atom is -0.376 e. The number of carbonyl (C=O) groups is 1. The van der Waals surface area contributed by atoms with Crippen molar-refractivity contribution in [3.63, 3.8) is 0 Å². The molecule has 104 valence electrons. The second-order valence-electron chi connectivity index (χ2n) is 4.93. The van der Waals surface area contributed by atoms with Crippen molar-refractivity contribution in [1.29, 1.82) is 0 Å². The number of hydrogen-bond acceptors (Lipinski definition) is 3. The predicted octanol–water partition coefficient (Wildman–Crippen LogP) is 1.49. The fraction of sp³-hybridized carbons (Fsp3) is 0.533. The van der Waals surface area contributed by atoms with Crippen LogP contribution in [0.2, 0.25) is 0 Å². The van der Waals surface area contributed by atoms with Gasteiger partial charge in [-0.1, -0.05) is 12.1 Å². The highest BCUT2D eigenvalue weighted by atomic mass is 16.5. The Balaban J connectivity index is 1.81. The lowest BCUT2D eigenvalue weighted by molar-refractivity contribution is 0.0169. The molecule has 1 aliphatic rings. The zero-order chi connectivity index (χ0) is 13.5. The first kappa shape index (κ1) is 14.0. The molecule has 0 aromatic heterocycles. The van der Waals surface area contributed by atoms with Crippen molar-refractivity contribution in [2.45, 2.75) is 31.8 Å². The van der Waals surface area contributed by atoms with Crippen molar-refractivity contribution in [3.05, 3.63) is 35.4 Å². The minimum absolute atomic E-state index is 0.0338. The highest BCUT2D eigenvalue weighted by Gasteiger charge is 2.15. The first-order valence-corrected chi connectivity index (χ1v) is 6.98. The second kappa shape index (κ2) is 7.26. The maximum atomic E-state index is 12.0. The molecule has 1 heterocycles. The van der Waals surface area contributed by atoms with E-state index < -0.39 is 0 Å².